The molecule has 2 atom stereocenters. The molecule has 1 fully saturated rings. The predicted octanol–water partition coefficient (Wildman–Crippen LogP) is 2.79. The Morgan fingerprint density at radius 1 is 1.27 bits per heavy atom. The minimum Gasteiger partial charge on any atom is -0.493 e. The first-order chi connectivity index (χ1) is 12.3. The van der Waals surface area contributed by atoms with Crippen molar-refractivity contribution in [3.8, 4) is 11.5 Å². The lowest BCUT2D eigenvalue weighted by molar-refractivity contribution is -0.150. The number of hydrogen-bond donors (Lipinski definition) is 1. The van der Waals surface area contributed by atoms with Crippen LogP contribution in [0.25, 0.3) is 0 Å². The average Bonchev–Trinajstić information content (AvgIpc) is 2.64. The van der Waals surface area contributed by atoms with Gasteiger partial charge in [0, 0.05) is 13.0 Å². The van der Waals surface area contributed by atoms with Gasteiger partial charge in [0.2, 0.25) is 5.91 Å². The fourth-order valence-corrected chi connectivity index (χ4v) is 3.22. The van der Waals surface area contributed by atoms with Crippen LogP contribution < -0.4 is 9.47 Å². The summed E-state index contributed by atoms with van der Waals surface area (Å²) in [5, 5.41) is 9.79. The van der Waals surface area contributed by atoms with E-state index in [1.165, 1.54) is 0 Å². The van der Waals surface area contributed by atoms with Gasteiger partial charge in [0.25, 0.3) is 0 Å². The third kappa shape index (κ3) is 4.89. The number of hydrogen-bond acceptors (Lipinski definition) is 5. The SMILES string of the molecule is COc1ccc(C2C(CO)OCCN2C(=O)CCC(C)(C)C)cc1OC. The Morgan fingerprint density at radius 2 is 1.96 bits per heavy atom. The monoisotopic (exact) mass is 365 g/mol. The third-order valence-electron chi connectivity index (χ3n) is 4.69. The van der Waals surface area contributed by atoms with E-state index >= 15 is 0 Å². The molecule has 0 aliphatic carbocycles. The van der Waals surface area contributed by atoms with Gasteiger partial charge in [-0.1, -0.05) is 26.8 Å². The van der Waals surface area contributed by atoms with E-state index < -0.39 is 6.10 Å². The number of benzene rings is 1. The molecule has 0 saturated carbocycles. The maximum absolute atomic E-state index is 12.9. The standard InChI is InChI=1S/C20H31NO5/c1-20(2,3)9-8-18(23)21-10-11-26-17(13-22)19(21)14-6-7-15(24-4)16(12-14)25-5/h6-7,12,17,19,22H,8-11,13H2,1-5H3. The number of nitrogens with zero attached hydrogens (tertiary/aromatic N) is 1. The summed E-state index contributed by atoms with van der Waals surface area (Å²) in [6.07, 6.45) is 0.831. The number of rotatable bonds is 6. The molecule has 0 radical (unpaired) electrons. The van der Waals surface area contributed by atoms with Crippen molar-refractivity contribution in [2.75, 3.05) is 34.0 Å². The molecule has 1 aliphatic heterocycles. The summed E-state index contributed by atoms with van der Waals surface area (Å²) < 4.78 is 16.4. The summed E-state index contributed by atoms with van der Waals surface area (Å²) in [5.41, 5.74) is 0.961. The number of ether oxygens (including phenoxy) is 3. The van der Waals surface area contributed by atoms with Gasteiger partial charge in [-0.25, -0.2) is 0 Å². The molecular weight excluding hydrogens is 334 g/mol. The molecule has 6 nitrogen and oxygen atoms in total. The highest BCUT2D eigenvalue weighted by Crippen LogP contribution is 2.36. The van der Waals surface area contributed by atoms with Crippen molar-refractivity contribution in [3.63, 3.8) is 0 Å². The summed E-state index contributed by atoms with van der Waals surface area (Å²) in [5.74, 6) is 1.30. The van der Waals surface area contributed by atoms with Crippen molar-refractivity contribution in [1.29, 1.82) is 0 Å². The normalized spacial score (nSPS) is 20.8. The molecule has 0 spiro atoms. The fourth-order valence-electron chi connectivity index (χ4n) is 3.22. The molecule has 0 bridgehead atoms. The van der Waals surface area contributed by atoms with E-state index in [-0.39, 0.29) is 24.0 Å². The number of morpholine rings is 1. The molecular formula is C20H31NO5. The van der Waals surface area contributed by atoms with Crippen LogP contribution in [0.2, 0.25) is 0 Å². The zero-order chi connectivity index (χ0) is 19.3. The van der Waals surface area contributed by atoms with Gasteiger partial charge in [-0.05, 0) is 29.5 Å². The van der Waals surface area contributed by atoms with E-state index in [4.69, 9.17) is 14.2 Å². The molecule has 1 heterocycles. The van der Waals surface area contributed by atoms with Crippen molar-refractivity contribution >= 4 is 5.91 Å². The number of carbonyl (C=O) groups is 1. The molecule has 0 aromatic heterocycles. The van der Waals surface area contributed by atoms with Crippen LogP contribution in [0.15, 0.2) is 18.2 Å². The van der Waals surface area contributed by atoms with Crippen molar-refractivity contribution < 1.29 is 24.1 Å². The van der Waals surface area contributed by atoms with E-state index in [1.807, 2.05) is 23.1 Å². The van der Waals surface area contributed by atoms with E-state index in [0.717, 1.165) is 12.0 Å². The second kappa shape index (κ2) is 8.73. The van der Waals surface area contributed by atoms with E-state index in [2.05, 4.69) is 20.8 Å². The molecule has 1 aromatic carbocycles. The molecule has 1 N–H and O–H groups in total. The lowest BCUT2D eigenvalue weighted by atomic mass is 9.89. The summed E-state index contributed by atoms with van der Waals surface area (Å²) in [4.78, 5) is 14.7. The third-order valence-corrected chi connectivity index (χ3v) is 4.69. The largest absolute Gasteiger partial charge is 0.493 e. The Balaban J connectivity index is 2.31. The second-order valence-corrected chi connectivity index (χ2v) is 7.80. The highest BCUT2D eigenvalue weighted by atomic mass is 16.5. The van der Waals surface area contributed by atoms with Crippen molar-refractivity contribution in [2.24, 2.45) is 5.41 Å². The van der Waals surface area contributed by atoms with Gasteiger partial charge in [-0.15, -0.1) is 0 Å². The van der Waals surface area contributed by atoms with Crippen molar-refractivity contribution in [3.05, 3.63) is 23.8 Å². The molecule has 2 unspecified atom stereocenters. The summed E-state index contributed by atoms with van der Waals surface area (Å²) in [6, 6.07) is 5.22. The Morgan fingerprint density at radius 3 is 2.54 bits per heavy atom. The van der Waals surface area contributed by atoms with Crippen LogP contribution in [0.5, 0.6) is 11.5 Å². The number of aliphatic hydroxyl groups excluding tert-OH is 1. The van der Waals surface area contributed by atoms with Crippen LogP contribution in [0.1, 0.15) is 45.2 Å². The maximum atomic E-state index is 12.9. The quantitative estimate of drug-likeness (QED) is 0.840. The van der Waals surface area contributed by atoms with Gasteiger partial charge >= 0.3 is 0 Å². The minimum atomic E-state index is -0.458. The molecule has 1 aliphatic rings. The van der Waals surface area contributed by atoms with Crippen LogP contribution in [-0.2, 0) is 9.53 Å². The van der Waals surface area contributed by atoms with Crippen molar-refractivity contribution in [1.82, 2.24) is 4.90 Å². The van der Waals surface area contributed by atoms with Gasteiger partial charge in [-0.2, -0.15) is 0 Å². The topological polar surface area (TPSA) is 68.2 Å². The first-order valence-electron chi connectivity index (χ1n) is 9.04. The fraction of sp³-hybridized carbons (Fsp3) is 0.650. The first kappa shape index (κ1) is 20.5. The highest BCUT2D eigenvalue weighted by molar-refractivity contribution is 5.77. The predicted molar refractivity (Wildman–Crippen MR) is 99.5 cm³/mol. The summed E-state index contributed by atoms with van der Waals surface area (Å²) in [7, 11) is 3.16. The highest BCUT2D eigenvalue weighted by Gasteiger charge is 2.36. The van der Waals surface area contributed by atoms with Gasteiger partial charge in [0.05, 0.1) is 33.5 Å². The zero-order valence-corrected chi connectivity index (χ0v) is 16.4. The lowest BCUT2D eigenvalue weighted by Crippen LogP contribution is -2.49. The number of aliphatic hydroxyl groups is 1. The Hall–Kier alpha value is -1.79. The van der Waals surface area contributed by atoms with Crippen LogP contribution >= 0.6 is 0 Å². The average molecular weight is 365 g/mol. The maximum Gasteiger partial charge on any atom is 0.223 e. The molecule has 2 rings (SSSR count). The Kier molecular flexibility index (Phi) is 6.89. The summed E-state index contributed by atoms with van der Waals surface area (Å²) >= 11 is 0. The molecule has 1 saturated heterocycles. The van der Waals surface area contributed by atoms with Crippen molar-refractivity contribution in [2.45, 2.75) is 45.8 Å². The van der Waals surface area contributed by atoms with Crippen LogP contribution in [0.3, 0.4) is 0 Å². The van der Waals surface area contributed by atoms with Gasteiger partial charge in [0.1, 0.15) is 6.10 Å². The van der Waals surface area contributed by atoms with Crippen LogP contribution in [0, 0.1) is 5.41 Å². The van der Waals surface area contributed by atoms with E-state index in [1.54, 1.807) is 14.2 Å². The molecule has 1 amide bonds. The first-order valence-corrected chi connectivity index (χ1v) is 9.04. The lowest BCUT2D eigenvalue weighted by Gasteiger charge is -2.41. The van der Waals surface area contributed by atoms with Crippen LogP contribution in [-0.4, -0.2) is 56.0 Å². The van der Waals surface area contributed by atoms with Gasteiger partial charge in [-0.3, -0.25) is 4.79 Å². The van der Waals surface area contributed by atoms with Gasteiger partial charge in [0.15, 0.2) is 11.5 Å². The Bertz CT molecular complexity index is 611. The zero-order valence-electron chi connectivity index (χ0n) is 16.4. The van der Waals surface area contributed by atoms with E-state index in [9.17, 15) is 9.90 Å². The number of carbonyl (C=O) groups excluding carboxylic acids is 1. The summed E-state index contributed by atoms with van der Waals surface area (Å²) in [6.45, 7) is 7.17. The minimum absolute atomic E-state index is 0.0847. The second-order valence-electron chi connectivity index (χ2n) is 7.80. The molecule has 6 heteroatoms. The molecule has 1 aromatic rings. The van der Waals surface area contributed by atoms with E-state index in [0.29, 0.717) is 31.1 Å². The Labute approximate surface area is 156 Å². The molecule has 26 heavy (non-hydrogen) atoms. The van der Waals surface area contributed by atoms with Crippen LogP contribution in [0.4, 0.5) is 0 Å². The smallest absolute Gasteiger partial charge is 0.223 e. The molecule has 146 valence electrons. The van der Waals surface area contributed by atoms with Gasteiger partial charge < -0.3 is 24.2 Å². The number of methoxy groups -OCH3 is 2. The number of amides is 1.